The maximum atomic E-state index is 13.3. The summed E-state index contributed by atoms with van der Waals surface area (Å²) in [6.45, 7) is 3.48. The normalized spacial score (nSPS) is 14.5. The molecule has 0 spiro atoms. The first-order valence-electron chi connectivity index (χ1n) is 9.87. The van der Waals surface area contributed by atoms with Crippen molar-refractivity contribution in [2.45, 2.75) is 13.3 Å². The molecule has 0 bridgehead atoms. The van der Waals surface area contributed by atoms with Gasteiger partial charge in [0.2, 0.25) is 0 Å². The van der Waals surface area contributed by atoms with Crippen LogP contribution < -0.4 is 9.64 Å². The summed E-state index contributed by atoms with van der Waals surface area (Å²) in [7, 11) is 0. The van der Waals surface area contributed by atoms with Crippen LogP contribution >= 0.6 is 0 Å². The van der Waals surface area contributed by atoms with Gasteiger partial charge in [0, 0.05) is 37.4 Å². The molecule has 7 nitrogen and oxygen atoms in total. The molecule has 1 aromatic heterocycles. The lowest BCUT2D eigenvalue weighted by Gasteiger charge is -2.36. The van der Waals surface area contributed by atoms with Crippen molar-refractivity contribution in [3.05, 3.63) is 59.9 Å². The Kier molecular flexibility index (Phi) is 5.68. The zero-order chi connectivity index (χ0) is 22.9. The minimum atomic E-state index is -4.89. The molecule has 2 aromatic carbocycles. The van der Waals surface area contributed by atoms with Gasteiger partial charge in [-0.15, -0.1) is 13.2 Å². The van der Waals surface area contributed by atoms with Crippen LogP contribution in [0.3, 0.4) is 0 Å². The molecule has 1 aliphatic rings. The first kappa shape index (κ1) is 21.5. The summed E-state index contributed by atoms with van der Waals surface area (Å²) in [5.74, 6) is -0.439. The maximum absolute atomic E-state index is 13.3. The van der Waals surface area contributed by atoms with Gasteiger partial charge in [-0.2, -0.15) is 0 Å². The van der Waals surface area contributed by atoms with Crippen LogP contribution in [0.4, 0.5) is 18.9 Å². The summed E-state index contributed by atoms with van der Waals surface area (Å²) in [5.41, 5.74) is 1.07. The van der Waals surface area contributed by atoms with E-state index in [0.717, 1.165) is 11.8 Å². The van der Waals surface area contributed by atoms with Crippen LogP contribution in [0.2, 0.25) is 0 Å². The zero-order valence-corrected chi connectivity index (χ0v) is 17.1. The van der Waals surface area contributed by atoms with E-state index in [-0.39, 0.29) is 34.2 Å². The van der Waals surface area contributed by atoms with E-state index in [1.807, 2.05) is 0 Å². The lowest BCUT2D eigenvalue weighted by molar-refractivity contribution is -0.274. The lowest BCUT2D eigenvalue weighted by atomic mass is 10.0. The van der Waals surface area contributed by atoms with E-state index in [1.54, 1.807) is 36.1 Å². The number of nitrogens with zero attached hydrogens (tertiary/aromatic N) is 3. The number of para-hydroxylation sites is 1. The zero-order valence-electron chi connectivity index (χ0n) is 17.1. The van der Waals surface area contributed by atoms with Gasteiger partial charge in [0.25, 0.3) is 5.91 Å². The molecular weight excluding hydrogens is 427 g/mol. The average Bonchev–Trinajstić information content (AvgIpc) is 3.14. The van der Waals surface area contributed by atoms with Crippen molar-refractivity contribution < 1.29 is 32.3 Å². The number of ether oxygens (including phenoxy) is 1. The van der Waals surface area contributed by atoms with Gasteiger partial charge in [-0.1, -0.05) is 17.3 Å². The summed E-state index contributed by atoms with van der Waals surface area (Å²) in [6.07, 6.45) is -4.89. The van der Waals surface area contributed by atoms with Gasteiger partial charge in [-0.05, 0) is 43.3 Å². The number of carbonyl (C=O) groups excluding carboxylic acids is 1. The molecule has 10 heteroatoms. The Balaban J connectivity index is 1.56. The number of amides is 1. The molecule has 0 saturated carbocycles. The molecule has 32 heavy (non-hydrogen) atoms. The second-order valence-electron chi connectivity index (χ2n) is 7.30. The highest BCUT2D eigenvalue weighted by molar-refractivity contribution is 6.01. The van der Waals surface area contributed by atoms with Gasteiger partial charge in [0.15, 0.2) is 0 Å². The number of aryl methyl sites for hydroxylation is 1. The Hall–Kier alpha value is -3.69. The predicted octanol–water partition coefficient (Wildman–Crippen LogP) is 4.22. The lowest BCUT2D eigenvalue weighted by Crippen LogP contribution is -2.49. The average molecular weight is 447 g/mol. The molecule has 0 radical (unpaired) electrons. The van der Waals surface area contributed by atoms with Crippen molar-refractivity contribution in [2.75, 3.05) is 31.1 Å². The van der Waals surface area contributed by atoms with E-state index in [2.05, 4.69) is 14.8 Å². The fourth-order valence-corrected chi connectivity index (χ4v) is 3.67. The first-order chi connectivity index (χ1) is 15.2. The minimum absolute atomic E-state index is 0.00770. The highest BCUT2D eigenvalue weighted by Gasteiger charge is 2.34. The Labute approximate surface area is 181 Å². The van der Waals surface area contributed by atoms with Crippen LogP contribution in [0.1, 0.15) is 16.1 Å². The molecule has 3 aromatic rings. The van der Waals surface area contributed by atoms with Gasteiger partial charge in [-0.25, -0.2) is 0 Å². The summed E-state index contributed by atoms with van der Waals surface area (Å²) >= 11 is 0. The predicted molar refractivity (Wildman–Crippen MR) is 110 cm³/mol. The van der Waals surface area contributed by atoms with Crippen molar-refractivity contribution >= 4 is 11.6 Å². The number of halogens is 3. The van der Waals surface area contributed by atoms with Gasteiger partial charge >= 0.3 is 6.36 Å². The van der Waals surface area contributed by atoms with Gasteiger partial charge in [0.05, 0.1) is 0 Å². The standard InChI is InChI=1S/C22H20F3N3O4/c1-14-19(20(26-32-14)17-4-2-3-5-18(17)31-22(23,24)25)21(30)28-12-10-27(11-13-28)15-6-8-16(29)9-7-15/h2-9,29H,10-13H2,1H3. The van der Waals surface area contributed by atoms with Crippen LogP contribution in [-0.2, 0) is 0 Å². The van der Waals surface area contributed by atoms with Gasteiger partial charge in [-0.3, -0.25) is 4.79 Å². The molecular formula is C22H20F3N3O4. The highest BCUT2D eigenvalue weighted by Crippen LogP contribution is 2.36. The van der Waals surface area contributed by atoms with E-state index < -0.39 is 12.1 Å². The highest BCUT2D eigenvalue weighted by atomic mass is 19.4. The largest absolute Gasteiger partial charge is 0.573 e. The number of aromatic hydroxyl groups is 1. The number of phenols is 1. The molecule has 1 aliphatic heterocycles. The van der Waals surface area contributed by atoms with Crippen molar-refractivity contribution in [3.63, 3.8) is 0 Å². The Bertz CT molecular complexity index is 1100. The number of anilines is 1. The second-order valence-corrected chi connectivity index (χ2v) is 7.30. The van der Waals surface area contributed by atoms with E-state index in [0.29, 0.717) is 26.2 Å². The Morgan fingerprint density at radius 2 is 1.72 bits per heavy atom. The second kappa shape index (κ2) is 8.45. The molecule has 0 aliphatic carbocycles. The number of alkyl halides is 3. The molecule has 1 amide bonds. The summed E-state index contributed by atoms with van der Waals surface area (Å²) in [5, 5.41) is 13.3. The number of phenolic OH excluding ortho intramolecular Hbond substituents is 1. The van der Waals surface area contributed by atoms with Crippen LogP contribution in [0.25, 0.3) is 11.3 Å². The Morgan fingerprint density at radius 1 is 1.06 bits per heavy atom. The van der Waals surface area contributed by atoms with Crippen molar-refractivity contribution in [1.82, 2.24) is 10.1 Å². The fourth-order valence-electron chi connectivity index (χ4n) is 3.67. The smallest absolute Gasteiger partial charge is 0.508 e. The molecule has 1 saturated heterocycles. The quantitative estimate of drug-likeness (QED) is 0.645. The molecule has 0 unspecified atom stereocenters. The van der Waals surface area contributed by atoms with Crippen LogP contribution in [0.15, 0.2) is 53.1 Å². The first-order valence-corrected chi connectivity index (χ1v) is 9.87. The number of carbonyl (C=O) groups is 1. The topological polar surface area (TPSA) is 79.0 Å². The number of hydrogen-bond acceptors (Lipinski definition) is 6. The SMILES string of the molecule is Cc1onc(-c2ccccc2OC(F)(F)F)c1C(=O)N1CCN(c2ccc(O)cc2)CC1. The third kappa shape index (κ3) is 4.48. The third-order valence-electron chi connectivity index (χ3n) is 5.23. The number of benzene rings is 2. The third-order valence-corrected chi connectivity index (χ3v) is 5.23. The molecule has 168 valence electrons. The molecule has 2 heterocycles. The summed E-state index contributed by atoms with van der Waals surface area (Å²) in [4.78, 5) is 17.0. The van der Waals surface area contributed by atoms with Crippen molar-refractivity contribution in [2.24, 2.45) is 0 Å². The van der Waals surface area contributed by atoms with E-state index in [9.17, 15) is 23.1 Å². The molecule has 0 atom stereocenters. The van der Waals surface area contributed by atoms with Crippen molar-refractivity contribution in [3.8, 4) is 22.8 Å². The van der Waals surface area contributed by atoms with Crippen molar-refractivity contribution in [1.29, 1.82) is 0 Å². The molecule has 1 N–H and O–H groups in total. The van der Waals surface area contributed by atoms with Crippen LogP contribution in [-0.4, -0.2) is 53.6 Å². The molecule has 1 fully saturated rings. The van der Waals surface area contributed by atoms with E-state index >= 15 is 0 Å². The minimum Gasteiger partial charge on any atom is -0.508 e. The molecule has 4 rings (SSSR count). The summed E-state index contributed by atoms with van der Waals surface area (Å²) < 4.78 is 47.8. The maximum Gasteiger partial charge on any atom is 0.573 e. The van der Waals surface area contributed by atoms with E-state index in [1.165, 1.54) is 18.2 Å². The summed E-state index contributed by atoms with van der Waals surface area (Å²) in [6, 6.07) is 12.3. The number of hydrogen-bond donors (Lipinski definition) is 1. The van der Waals surface area contributed by atoms with Crippen LogP contribution in [0, 0.1) is 6.92 Å². The number of rotatable bonds is 4. The number of aromatic nitrogens is 1. The van der Waals surface area contributed by atoms with Gasteiger partial charge in [0.1, 0.15) is 28.5 Å². The Morgan fingerprint density at radius 3 is 2.38 bits per heavy atom. The van der Waals surface area contributed by atoms with E-state index in [4.69, 9.17) is 4.52 Å². The fraction of sp³-hybridized carbons (Fsp3) is 0.273. The number of piperazine rings is 1. The van der Waals surface area contributed by atoms with Crippen LogP contribution in [0.5, 0.6) is 11.5 Å². The van der Waals surface area contributed by atoms with Gasteiger partial charge < -0.3 is 24.2 Å². The monoisotopic (exact) mass is 447 g/mol.